The average molecular weight is 434 g/mol. The van der Waals surface area contributed by atoms with Gasteiger partial charge in [-0.1, -0.05) is 36.4 Å². The van der Waals surface area contributed by atoms with Crippen LogP contribution in [-0.2, 0) is 22.6 Å². The van der Waals surface area contributed by atoms with Crippen LogP contribution >= 0.6 is 0 Å². The molecule has 1 amide bonds. The van der Waals surface area contributed by atoms with Gasteiger partial charge in [0.2, 0.25) is 5.91 Å². The number of nitrogens with two attached hydrogens (primary N) is 1. The molecule has 0 saturated carbocycles. The molecule has 166 valence electrons. The highest BCUT2D eigenvalue weighted by atomic mass is 16.4. The van der Waals surface area contributed by atoms with Crippen molar-refractivity contribution < 1.29 is 14.7 Å². The number of carboxylic acids is 1. The third kappa shape index (κ3) is 5.14. The highest BCUT2D eigenvalue weighted by Crippen LogP contribution is 2.28. The molecule has 8 heteroatoms. The number of rotatable bonds is 7. The second-order valence-corrected chi connectivity index (χ2v) is 8.22. The zero-order valence-corrected chi connectivity index (χ0v) is 17.8. The number of imidazole rings is 1. The molecule has 1 fully saturated rings. The Morgan fingerprint density at radius 1 is 1.09 bits per heavy atom. The first-order valence-electron chi connectivity index (χ1n) is 10.8. The van der Waals surface area contributed by atoms with Crippen molar-refractivity contribution in [2.24, 2.45) is 0 Å². The monoisotopic (exact) mass is 433 g/mol. The molecule has 8 nitrogen and oxygen atoms in total. The van der Waals surface area contributed by atoms with E-state index in [1.807, 2.05) is 11.0 Å². The van der Waals surface area contributed by atoms with Crippen LogP contribution in [0.4, 0.5) is 5.82 Å². The van der Waals surface area contributed by atoms with Gasteiger partial charge in [-0.2, -0.15) is 0 Å². The van der Waals surface area contributed by atoms with Crippen molar-refractivity contribution in [2.45, 2.75) is 37.6 Å². The third-order valence-electron chi connectivity index (χ3n) is 6.03. The molecule has 2 aromatic heterocycles. The van der Waals surface area contributed by atoms with Gasteiger partial charge in [0, 0.05) is 25.5 Å². The van der Waals surface area contributed by atoms with Gasteiger partial charge < -0.3 is 20.3 Å². The van der Waals surface area contributed by atoms with Crippen LogP contribution in [0.25, 0.3) is 0 Å². The Hall–Kier alpha value is -3.68. The largest absolute Gasteiger partial charge is 0.481 e. The van der Waals surface area contributed by atoms with Crippen LogP contribution in [0.1, 0.15) is 41.5 Å². The van der Waals surface area contributed by atoms with Gasteiger partial charge in [-0.3, -0.25) is 9.59 Å². The van der Waals surface area contributed by atoms with Gasteiger partial charge in [0.15, 0.2) is 0 Å². The molecular weight excluding hydrogens is 406 g/mol. The highest BCUT2D eigenvalue weighted by molar-refractivity contribution is 5.77. The van der Waals surface area contributed by atoms with Crippen LogP contribution < -0.4 is 5.73 Å². The second kappa shape index (κ2) is 9.64. The fourth-order valence-electron chi connectivity index (χ4n) is 4.20. The van der Waals surface area contributed by atoms with Gasteiger partial charge >= 0.3 is 5.97 Å². The van der Waals surface area contributed by atoms with Gasteiger partial charge in [-0.25, -0.2) is 9.97 Å². The van der Waals surface area contributed by atoms with Crippen LogP contribution in [0.5, 0.6) is 0 Å². The molecule has 1 aliphatic rings. The van der Waals surface area contributed by atoms with Gasteiger partial charge in [-0.05, 0) is 42.4 Å². The maximum Gasteiger partial charge on any atom is 0.312 e. The lowest BCUT2D eigenvalue weighted by molar-refractivity contribution is -0.138. The Labute approximate surface area is 186 Å². The van der Waals surface area contributed by atoms with E-state index in [4.69, 9.17) is 5.73 Å². The Morgan fingerprint density at radius 3 is 2.50 bits per heavy atom. The van der Waals surface area contributed by atoms with E-state index in [1.165, 1.54) is 11.9 Å². The topological polar surface area (TPSA) is 114 Å². The number of benzene rings is 1. The predicted octanol–water partition coefficient (Wildman–Crippen LogP) is 2.68. The maximum atomic E-state index is 12.8. The minimum Gasteiger partial charge on any atom is -0.481 e. The number of aliphatic carboxylic acids is 1. The summed E-state index contributed by atoms with van der Waals surface area (Å²) in [5.41, 5.74) is 8.11. The quantitative estimate of drug-likeness (QED) is 0.592. The van der Waals surface area contributed by atoms with Crippen LogP contribution in [-0.4, -0.2) is 49.5 Å². The number of hydrogen-bond acceptors (Lipinski definition) is 5. The zero-order valence-electron chi connectivity index (χ0n) is 17.8. The molecule has 1 unspecified atom stereocenters. The molecule has 0 radical (unpaired) electrons. The molecule has 32 heavy (non-hydrogen) atoms. The fourth-order valence-corrected chi connectivity index (χ4v) is 4.20. The van der Waals surface area contributed by atoms with Gasteiger partial charge in [-0.15, -0.1) is 0 Å². The van der Waals surface area contributed by atoms with Gasteiger partial charge in [0.25, 0.3) is 0 Å². The van der Waals surface area contributed by atoms with E-state index in [-0.39, 0.29) is 18.9 Å². The van der Waals surface area contributed by atoms with Crippen molar-refractivity contribution in [1.82, 2.24) is 19.4 Å². The van der Waals surface area contributed by atoms with Crippen molar-refractivity contribution >= 4 is 17.7 Å². The lowest BCUT2D eigenvalue weighted by atomic mass is 9.89. The lowest BCUT2D eigenvalue weighted by Gasteiger charge is -2.32. The van der Waals surface area contributed by atoms with Crippen LogP contribution in [0, 0.1) is 0 Å². The van der Waals surface area contributed by atoms with Crippen LogP contribution in [0.2, 0.25) is 0 Å². The van der Waals surface area contributed by atoms with E-state index in [2.05, 4.69) is 34.2 Å². The van der Waals surface area contributed by atoms with Crippen molar-refractivity contribution in [1.29, 1.82) is 0 Å². The van der Waals surface area contributed by atoms with E-state index in [0.29, 0.717) is 17.4 Å². The number of likely N-dealkylation sites (tertiary alicyclic amines) is 1. The summed E-state index contributed by atoms with van der Waals surface area (Å²) >= 11 is 0. The Balaban J connectivity index is 1.35. The van der Waals surface area contributed by atoms with E-state index in [9.17, 15) is 14.7 Å². The summed E-state index contributed by atoms with van der Waals surface area (Å²) in [6.07, 6.45) is 6.90. The first-order valence-corrected chi connectivity index (χ1v) is 10.8. The summed E-state index contributed by atoms with van der Waals surface area (Å²) in [5, 5.41) is 9.69. The standard InChI is InChI=1S/C24H27N5O3/c25-22-7-6-17(13-26-22)12-20(24(31)32)21-14-28(16-27-21)15-23(30)29-10-8-19(9-11-29)18-4-2-1-3-5-18/h1-7,13-14,16,19-20H,8-12,15H2,(H2,25,26)(H,31,32). The first-order chi connectivity index (χ1) is 15.5. The summed E-state index contributed by atoms with van der Waals surface area (Å²) in [5.74, 6) is -0.898. The molecule has 1 aliphatic heterocycles. The second-order valence-electron chi connectivity index (χ2n) is 8.22. The molecule has 1 aromatic carbocycles. The minimum absolute atomic E-state index is 0.0232. The van der Waals surface area contributed by atoms with E-state index < -0.39 is 11.9 Å². The number of anilines is 1. The molecule has 0 aliphatic carbocycles. The first kappa shape index (κ1) is 21.5. The molecule has 3 N–H and O–H groups in total. The van der Waals surface area contributed by atoms with Crippen molar-refractivity contribution in [3.05, 3.63) is 78.0 Å². The van der Waals surface area contributed by atoms with Gasteiger partial charge in [0.05, 0.1) is 12.0 Å². The molecule has 1 atom stereocenters. The van der Waals surface area contributed by atoms with Crippen molar-refractivity contribution in [2.75, 3.05) is 18.8 Å². The van der Waals surface area contributed by atoms with E-state index >= 15 is 0 Å². The Kier molecular flexibility index (Phi) is 6.49. The summed E-state index contributed by atoms with van der Waals surface area (Å²) in [4.78, 5) is 34.8. The molecule has 1 saturated heterocycles. The number of hydrogen-bond donors (Lipinski definition) is 2. The molecule has 4 rings (SSSR count). The fraction of sp³-hybridized carbons (Fsp3) is 0.333. The van der Waals surface area contributed by atoms with Crippen molar-refractivity contribution in [3.63, 3.8) is 0 Å². The van der Waals surface area contributed by atoms with Gasteiger partial charge in [0.1, 0.15) is 18.3 Å². The molecule has 0 spiro atoms. The summed E-state index contributed by atoms with van der Waals surface area (Å²) < 4.78 is 1.66. The van der Waals surface area contributed by atoms with Crippen molar-refractivity contribution in [3.8, 4) is 0 Å². The third-order valence-corrected chi connectivity index (χ3v) is 6.03. The van der Waals surface area contributed by atoms with E-state index in [1.54, 1.807) is 29.1 Å². The highest BCUT2D eigenvalue weighted by Gasteiger charge is 2.26. The smallest absolute Gasteiger partial charge is 0.312 e. The summed E-state index contributed by atoms with van der Waals surface area (Å²) in [6, 6.07) is 13.8. The molecule has 3 aromatic rings. The molecular formula is C24H27N5O3. The number of carbonyl (C=O) groups is 2. The number of nitrogens with zero attached hydrogens (tertiary/aromatic N) is 4. The minimum atomic E-state index is -0.971. The number of aromatic nitrogens is 3. The zero-order chi connectivity index (χ0) is 22.5. The lowest BCUT2D eigenvalue weighted by Crippen LogP contribution is -2.39. The number of carbonyl (C=O) groups excluding carboxylic acids is 1. The number of amides is 1. The molecule has 0 bridgehead atoms. The number of nitrogen functional groups attached to an aromatic ring is 1. The molecule has 3 heterocycles. The average Bonchev–Trinajstić information content (AvgIpc) is 3.27. The summed E-state index contributed by atoms with van der Waals surface area (Å²) in [6.45, 7) is 1.60. The SMILES string of the molecule is Nc1ccc(CC(C(=O)O)c2cn(CC(=O)N3CCC(c4ccccc4)CC3)cn2)cn1. The van der Waals surface area contributed by atoms with E-state index in [0.717, 1.165) is 31.5 Å². The normalized spacial score (nSPS) is 15.4. The Bertz CT molecular complexity index is 1060. The van der Waals surface area contributed by atoms with Crippen LogP contribution in [0.3, 0.4) is 0 Å². The maximum absolute atomic E-state index is 12.8. The number of carboxylic acid groups (broad SMARTS) is 1. The number of pyridine rings is 1. The predicted molar refractivity (Wildman–Crippen MR) is 120 cm³/mol. The number of piperidine rings is 1. The summed E-state index contributed by atoms with van der Waals surface area (Å²) in [7, 11) is 0. The van der Waals surface area contributed by atoms with Crippen LogP contribution in [0.15, 0.2) is 61.2 Å². The Morgan fingerprint density at radius 2 is 1.84 bits per heavy atom.